The maximum Gasteiger partial charge on any atom is 0.145 e. The van der Waals surface area contributed by atoms with E-state index >= 15 is 0 Å². The van der Waals surface area contributed by atoms with Gasteiger partial charge in [0, 0.05) is 30.6 Å². The summed E-state index contributed by atoms with van der Waals surface area (Å²) in [5.41, 5.74) is 7.92. The lowest BCUT2D eigenvalue weighted by Gasteiger charge is -2.32. The van der Waals surface area contributed by atoms with Gasteiger partial charge in [0.25, 0.3) is 0 Å². The SMILES string of the molecule is C=N/C=C(\C=N/C)c1ccc(F)c([C@]2(C)Cn3cncc3C(N)=N2)c1. The smallest absolute Gasteiger partial charge is 0.145 e. The molecule has 1 aromatic heterocycles. The lowest BCUT2D eigenvalue weighted by Crippen LogP contribution is -2.37. The third-order valence-corrected chi connectivity index (χ3v) is 4.20. The van der Waals surface area contributed by atoms with Gasteiger partial charge in [-0.25, -0.2) is 9.37 Å². The lowest BCUT2D eigenvalue weighted by molar-refractivity contribution is 0.384. The number of nitrogens with two attached hydrogens (primary N) is 1. The summed E-state index contributed by atoms with van der Waals surface area (Å²) in [5.74, 6) is 0.000382. The predicted octanol–water partition coefficient (Wildman–Crippen LogP) is 2.40. The molecule has 0 unspecified atom stereocenters. The molecule has 0 spiro atoms. The molecule has 7 heteroatoms. The van der Waals surface area contributed by atoms with Gasteiger partial charge in [-0.1, -0.05) is 6.07 Å². The topological polar surface area (TPSA) is 80.9 Å². The molecule has 1 aliphatic rings. The zero-order chi connectivity index (χ0) is 18.0. The minimum Gasteiger partial charge on any atom is -0.382 e. The number of hydrogen-bond donors (Lipinski definition) is 1. The number of allylic oxidation sites excluding steroid dienone is 1. The van der Waals surface area contributed by atoms with E-state index < -0.39 is 5.54 Å². The molecule has 25 heavy (non-hydrogen) atoms. The van der Waals surface area contributed by atoms with Crippen molar-refractivity contribution in [2.75, 3.05) is 7.05 Å². The van der Waals surface area contributed by atoms with Gasteiger partial charge in [-0.05, 0) is 31.3 Å². The van der Waals surface area contributed by atoms with Crippen LogP contribution in [0.2, 0.25) is 0 Å². The van der Waals surface area contributed by atoms with Crippen LogP contribution in [0, 0.1) is 5.82 Å². The summed E-state index contributed by atoms with van der Waals surface area (Å²) in [5, 5.41) is 0. The number of benzene rings is 1. The van der Waals surface area contributed by atoms with E-state index in [2.05, 4.69) is 26.7 Å². The Morgan fingerprint density at radius 3 is 3.00 bits per heavy atom. The number of aromatic nitrogens is 2. The van der Waals surface area contributed by atoms with E-state index in [1.807, 2.05) is 11.5 Å². The number of imidazole rings is 1. The molecule has 0 fully saturated rings. The molecular formula is C18H19FN6. The van der Waals surface area contributed by atoms with Crippen molar-refractivity contribution in [3.8, 4) is 0 Å². The monoisotopic (exact) mass is 338 g/mol. The van der Waals surface area contributed by atoms with Gasteiger partial charge in [-0.15, -0.1) is 0 Å². The number of fused-ring (bicyclic) bond motifs is 1. The Kier molecular flexibility index (Phi) is 4.31. The quantitative estimate of drug-likeness (QED) is 0.869. The van der Waals surface area contributed by atoms with Gasteiger partial charge >= 0.3 is 0 Å². The van der Waals surface area contributed by atoms with Crippen LogP contribution in [0.15, 0.2) is 51.9 Å². The van der Waals surface area contributed by atoms with Crippen molar-refractivity contribution in [3.05, 3.63) is 59.6 Å². The fourth-order valence-electron chi connectivity index (χ4n) is 3.03. The molecule has 1 aliphatic heterocycles. The number of halogens is 1. The summed E-state index contributed by atoms with van der Waals surface area (Å²) in [7, 11) is 1.66. The summed E-state index contributed by atoms with van der Waals surface area (Å²) >= 11 is 0. The molecule has 1 aromatic carbocycles. The number of amidine groups is 1. The molecule has 2 aromatic rings. The van der Waals surface area contributed by atoms with Crippen molar-refractivity contribution in [1.82, 2.24) is 9.55 Å². The first kappa shape index (κ1) is 16.8. The van der Waals surface area contributed by atoms with Crippen LogP contribution in [0.3, 0.4) is 0 Å². The minimum absolute atomic E-state index is 0.342. The molecule has 0 aliphatic carbocycles. The van der Waals surface area contributed by atoms with E-state index in [0.717, 1.165) is 16.8 Å². The molecule has 0 saturated carbocycles. The van der Waals surface area contributed by atoms with Crippen LogP contribution in [0.1, 0.15) is 23.7 Å². The van der Waals surface area contributed by atoms with Crippen molar-refractivity contribution in [3.63, 3.8) is 0 Å². The van der Waals surface area contributed by atoms with Gasteiger partial charge in [-0.3, -0.25) is 15.0 Å². The highest BCUT2D eigenvalue weighted by Crippen LogP contribution is 2.34. The van der Waals surface area contributed by atoms with Gasteiger partial charge in [-0.2, -0.15) is 0 Å². The third-order valence-electron chi connectivity index (χ3n) is 4.20. The second-order valence-electron chi connectivity index (χ2n) is 6.03. The molecule has 0 saturated heterocycles. The first-order valence-corrected chi connectivity index (χ1v) is 7.73. The molecule has 0 radical (unpaired) electrons. The van der Waals surface area contributed by atoms with E-state index in [4.69, 9.17) is 5.73 Å². The van der Waals surface area contributed by atoms with Crippen LogP contribution in [0.4, 0.5) is 4.39 Å². The summed E-state index contributed by atoms with van der Waals surface area (Å²) in [6.45, 7) is 5.77. The largest absolute Gasteiger partial charge is 0.382 e. The van der Waals surface area contributed by atoms with Crippen LogP contribution in [-0.4, -0.2) is 35.4 Å². The third kappa shape index (κ3) is 3.00. The predicted molar refractivity (Wildman–Crippen MR) is 98.6 cm³/mol. The molecule has 0 bridgehead atoms. The Labute approximate surface area is 145 Å². The Bertz CT molecular complexity index is 908. The van der Waals surface area contributed by atoms with Crippen molar-refractivity contribution in [2.24, 2.45) is 20.7 Å². The molecule has 6 nitrogen and oxygen atoms in total. The van der Waals surface area contributed by atoms with Crippen LogP contribution in [-0.2, 0) is 12.1 Å². The van der Waals surface area contributed by atoms with Crippen molar-refractivity contribution < 1.29 is 4.39 Å². The van der Waals surface area contributed by atoms with E-state index in [9.17, 15) is 4.39 Å². The zero-order valence-electron chi connectivity index (χ0n) is 14.1. The number of hydrogen-bond acceptors (Lipinski definition) is 5. The van der Waals surface area contributed by atoms with Crippen LogP contribution in [0.25, 0.3) is 5.57 Å². The second kappa shape index (κ2) is 6.43. The summed E-state index contributed by atoms with van der Waals surface area (Å²) in [4.78, 5) is 16.5. The van der Waals surface area contributed by atoms with E-state index in [1.165, 1.54) is 6.07 Å². The van der Waals surface area contributed by atoms with Gasteiger partial charge in [0.2, 0.25) is 0 Å². The van der Waals surface area contributed by atoms with E-state index in [0.29, 0.717) is 17.9 Å². The molecule has 2 N–H and O–H groups in total. The summed E-state index contributed by atoms with van der Waals surface area (Å²) in [6.07, 6.45) is 6.56. The molecule has 2 heterocycles. The highest BCUT2D eigenvalue weighted by atomic mass is 19.1. The minimum atomic E-state index is -0.839. The number of rotatable bonds is 4. The molecule has 3 rings (SSSR count). The fourth-order valence-corrected chi connectivity index (χ4v) is 3.03. The molecule has 1 atom stereocenters. The van der Waals surface area contributed by atoms with Crippen molar-refractivity contribution >= 4 is 24.3 Å². The average molecular weight is 338 g/mol. The van der Waals surface area contributed by atoms with Gasteiger partial charge in [0.1, 0.15) is 22.9 Å². The molecule has 128 valence electrons. The van der Waals surface area contributed by atoms with Crippen LogP contribution >= 0.6 is 0 Å². The lowest BCUT2D eigenvalue weighted by atomic mass is 9.88. The van der Waals surface area contributed by atoms with Crippen molar-refractivity contribution in [2.45, 2.75) is 19.0 Å². The maximum absolute atomic E-state index is 14.6. The first-order valence-electron chi connectivity index (χ1n) is 7.73. The summed E-state index contributed by atoms with van der Waals surface area (Å²) in [6, 6.07) is 4.86. The van der Waals surface area contributed by atoms with Gasteiger partial charge in [0.05, 0.1) is 19.1 Å². The summed E-state index contributed by atoms with van der Waals surface area (Å²) < 4.78 is 16.5. The van der Waals surface area contributed by atoms with Gasteiger partial charge in [0.15, 0.2) is 0 Å². The first-order chi connectivity index (χ1) is 12.0. The Morgan fingerprint density at radius 1 is 1.48 bits per heavy atom. The van der Waals surface area contributed by atoms with Crippen LogP contribution < -0.4 is 5.73 Å². The maximum atomic E-state index is 14.6. The number of aliphatic imine (C=N–C) groups is 3. The Hall–Kier alpha value is -3.09. The van der Waals surface area contributed by atoms with Crippen LogP contribution in [0.5, 0.6) is 0 Å². The molecule has 0 amide bonds. The highest BCUT2D eigenvalue weighted by Gasteiger charge is 2.34. The second-order valence-corrected chi connectivity index (χ2v) is 6.03. The van der Waals surface area contributed by atoms with E-state index in [-0.39, 0.29) is 5.82 Å². The normalized spacial score (nSPS) is 20.4. The van der Waals surface area contributed by atoms with E-state index in [1.54, 1.807) is 44.1 Å². The van der Waals surface area contributed by atoms with Gasteiger partial charge < -0.3 is 10.3 Å². The number of nitrogens with zero attached hydrogens (tertiary/aromatic N) is 5. The fraction of sp³-hybridized carbons (Fsp3) is 0.222. The Balaban J connectivity index is 2.11. The highest BCUT2D eigenvalue weighted by molar-refractivity contribution is 6.09. The Morgan fingerprint density at radius 2 is 2.28 bits per heavy atom. The van der Waals surface area contributed by atoms with Crippen molar-refractivity contribution in [1.29, 1.82) is 0 Å². The molecular weight excluding hydrogens is 319 g/mol. The average Bonchev–Trinajstić information content (AvgIpc) is 3.03. The standard InChI is InChI=1S/C18H19FN6/c1-18(10-25-11-23-9-16(25)17(20)24-18)14-6-12(4-5-15(14)19)13(7-21-2)8-22-3/h4-9,11H,2,10H2,1,3H3,(H2,20,24)/b13-7+,22-8-/t18-/m0/s1. The zero-order valence-corrected chi connectivity index (χ0v) is 14.1.